The fraction of sp³-hybridized carbons (Fsp3) is 0.421. The van der Waals surface area contributed by atoms with Crippen LogP contribution in [-0.2, 0) is 13.0 Å². The second-order valence-electron chi connectivity index (χ2n) is 6.94. The summed E-state index contributed by atoms with van der Waals surface area (Å²) in [6.45, 7) is 4.65. The molecule has 26 heavy (non-hydrogen) atoms. The number of nitrogens with one attached hydrogen (secondary N) is 1. The number of carbonyl (C=O) groups is 2. The molecule has 0 radical (unpaired) electrons. The van der Waals surface area contributed by atoms with Crippen LogP contribution in [0.15, 0.2) is 28.7 Å². The third-order valence-electron chi connectivity index (χ3n) is 4.26. The average Bonchev–Trinajstić information content (AvgIpc) is 3.04. The molecule has 3 rings (SSSR count). The van der Waals surface area contributed by atoms with Crippen molar-refractivity contribution in [1.29, 1.82) is 0 Å². The largest absolute Gasteiger partial charge is 0.437 e. The molecule has 0 fully saturated rings. The van der Waals surface area contributed by atoms with E-state index in [0.717, 1.165) is 5.69 Å². The van der Waals surface area contributed by atoms with Crippen LogP contribution in [0.5, 0.6) is 0 Å². The fourth-order valence-corrected chi connectivity index (χ4v) is 2.88. The van der Waals surface area contributed by atoms with Crippen molar-refractivity contribution in [1.82, 2.24) is 15.2 Å². The lowest BCUT2D eigenvalue weighted by molar-refractivity contribution is 0.0726. The summed E-state index contributed by atoms with van der Waals surface area (Å²) in [5.74, 6) is 0.378. The minimum atomic E-state index is -0.327. The standard InChI is InChI=1S/C19H24N4O3/c1-12(2)20-17(24)18-21-15-11-23(10-9-16(15)26-18)19(25)13-5-7-14(8-6-13)22(3)4/h5-8,12H,9-11H2,1-4H3,(H,20,24). The number of benzene rings is 1. The monoisotopic (exact) mass is 356 g/mol. The number of anilines is 1. The number of rotatable bonds is 4. The Hall–Kier alpha value is -2.83. The molecule has 0 saturated heterocycles. The summed E-state index contributed by atoms with van der Waals surface area (Å²) in [6.07, 6.45) is 0.554. The first-order valence-electron chi connectivity index (χ1n) is 8.71. The first kappa shape index (κ1) is 18.0. The number of carbonyl (C=O) groups excluding carboxylic acids is 2. The molecule has 138 valence electrons. The summed E-state index contributed by atoms with van der Waals surface area (Å²) < 4.78 is 5.58. The molecule has 0 aliphatic carbocycles. The SMILES string of the molecule is CC(C)NC(=O)c1nc2c(o1)CCN(C(=O)c1ccc(N(C)C)cc1)C2. The predicted molar refractivity (Wildman–Crippen MR) is 98.3 cm³/mol. The van der Waals surface area contributed by atoms with Crippen LogP contribution < -0.4 is 10.2 Å². The van der Waals surface area contributed by atoms with Gasteiger partial charge in [0.05, 0.1) is 6.54 Å². The van der Waals surface area contributed by atoms with Crippen LogP contribution in [-0.4, -0.2) is 48.4 Å². The van der Waals surface area contributed by atoms with Crippen molar-refractivity contribution in [3.8, 4) is 0 Å². The van der Waals surface area contributed by atoms with Gasteiger partial charge in [0.15, 0.2) is 0 Å². The maximum absolute atomic E-state index is 12.8. The van der Waals surface area contributed by atoms with Crippen LogP contribution in [0.3, 0.4) is 0 Å². The molecule has 2 aromatic rings. The fourth-order valence-electron chi connectivity index (χ4n) is 2.88. The normalized spacial score (nSPS) is 13.5. The van der Waals surface area contributed by atoms with Gasteiger partial charge in [-0.15, -0.1) is 0 Å². The van der Waals surface area contributed by atoms with Crippen LogP contribution in [0.25, 0.3) is 0 Å². The van der Waals surface area contributed by atoms with Crippen LogP contribution in [0.2, 0.25) is 0 Å². The molecule has 7 heteroatoms. The Labute approximate surface area is 153 Å². The summed E-state index contributed by atoms with van der Waals surface area (Å²) in [5.41, 5.74) is 2.34. The van der Waals surface area contributed by atoms with Crippen molar-refractivity contribution >= 4 is 17.5 Å². The molecular weight excluding hydrogens is 332 g/mol. The van der Waals surface area contributed by atoms with E-state index < -0.39 is 0 Å². The molecule has 0 spiro atoms. The van der Waals surface area contributed by atoms with Gasteiger partial charge in [-0.05, 0) is 38.1 Å². The predicted octanol–water partition coefficient (Wildman–Crippen LogP) is 2.08. The number of hydrogen-bond donors (Lipinski definition) is 1. The summed E-state index contributed by atoms with van der Waals surface area (Å²) in [6, 6.07) is 7.52. The average molecular weight is 356 g/mol. The van der Waals surface area contributed by atoms with Gasteiger partial charge >= 0.3 is 5.91 Å². The highest BCUT2D eigenvalue weighted by Crippen LogP contribution is 2.22. The summed E-state index contributed by atoms with van der Waals surface area (Å²) >= 11 is 0. The van der Waals surface area contributed by atoms with E-state index in [4.69, 9.17) is 4.42 Å². The molecule has 0 saturated carbocycles. The highest BCUT2D eigenvalue weighted by Gasteiger charge is 2.28. The number of aromatic nitrogens is 1. The second-order valence-corrected chi connectivity index (χ2v) is 6.94. The first-order valence-corrected chi connectivity index (χ1v) is 8.71. The quantitative estimate of drug-likeness (QED) is 0.907. The van der Waals surface area contributed by atoms with Gasteiger partial charge in [-0.2, -0.15) is 0 Å². The lowest BCUT2D eigenvalue weighted by atomic mass is 10.1. The molecule has 1 aliphatic heterocycles. The Morgan fingerprint density at radius 3 is 2.54 bits per heavy atom. The Kier molecular flexibility index (Phi) is 4.97. The lowest BCUT2D eigenvalue weighted by Gasteiger charge is -2.25. The molecular formula is C19H24N4O3. The lowest BCUT2D eigenvalue weighted by Crippen LogP contribution is -2.35. The molecule has 0 bridgehead atoms. The minimum absolute atomic E-state index is 0.00893. The van der Waals surface area contributed by atoms with Crippen LogP contribution in [0.4, 0.5) is 5.69 Å². The van der Waals surface area contributed by atoms with Crippen molar-refractivity contribution in [2.75, 3.05) is 25.5 Å². The zero-order chi connectivity index (χ0) is 18.8. The van der Waals surface area contributed by atoms with Crippen LogP contribution in [0.1, 0.15) is 46.3 Å². The van der Waals surface area contributed by atoms with E-state index in [1.165, 1.54) is 0 Å². The Morgan fingerprint density at radius 2 is 1.92 bits per heavy atom. The highest BCUT2D eigenvalue weighted by molar-refractivity contribution is 5.94. The van der Waals surface area contributed by atoms with Crippen LogP contribution in [0, 0.1) is 0 Å². The van der Waals surface area contributed by atoms with Gasteiger partial charge in [0.1, 0.15) is 11.5 Å². The molecule has 7 nitrogen and oxygen atoms in total. The van der Waals surface area contributed by atoms with E-state index in [1.807, 2.05) is 57.1 Å². The summed E-state index contributed by atoms with van der Waals surface area (Å²) in [7, 11) is 3.92. The minimum Gasteiger partial charge on any atom is -0.437 e. The molecule has 1 aromatic heterocycles. The maximum Gasteiger partial charge on any atom is 0.307 e. The maximum atomic E-state index is 12.8. The van der Waals surface area contributed by atoms with E-state index >= 15 is 0 Å². The van der Waals surface area contributed by atoms with Gasteiger partial charge in [-0.1, -0.05) is 0 Å². The Morgan fingerprint density at radius 1 is 1.23 bits per heavy atom. The Balaban J connectivity index is 1.72. The summed E-state index contributed by atoms with van der Waals surface area (Å²) in [4.78, 5) is 32.8. The number of nitrogens with zero attached hydrogens (tertiary/aromatic N) is 3. The van der Waals surface area contributed by atoms with Gasteiger partial charge in [-0.25, -0.2) is 4.98 Å². The van der Waals surface area contributed by atoms with E-state index in [9.17, 15) is 9.59 Å². The topological polar surface area (TPSA) is 78.7 Å². The Bertz CT molecular complexity index is 809. The third kappa shape index (κ3) is 3.71. The molecule has 1 aliphatic rings. The number of amides is 2. The molecule has 2 heterocycles. The van der Waals surface area contributed by atoms with Crippen molar-refractivity contribution in [3.63, 3.8) is 0 Å². The third-order valence-corrected chi connectivity index (χ3v) is 4.26. The van der Waals surface area contributed by atoms with E-state index in [-0.39, 0.29) is 23.7 Å². The highest BCUT2D eigenvalue weighted by atomic mass is 16.4. The van der Waals surface area contributed by atoms with E-state index in [2.05, 4.69) is 10.3 Å². The zero-order valence-electron chi connectivity index (χ0n) is 15.6. The molecule has 2 amide bonds. The van der Waals surface area contributed by atoms with Crippen molar-refractivity contribution in [3.05, 3.63) is 47.2 Å². The van der Waals surface area contributed by atoms with Gasteiger partial charge in [0.25, 0.3) is 11.8 Å². The van der Waals surface area contributed by atoms with Crippen molar-refractivity contribution in [2.24, 2.45) is 0 Å². The zero-order valence-corrected chi connectivity index (χ0v) is 15.6. The van der Waals surface area contributed by atoms with Gasteiger partial charge in [-0.3, -0.25) is 9.59 Å². The van der Waals surface area contributed by atoms with Gasteiger partial charge in [0, 0.05) is 44.4 Å². The summed E-state index contributed by atoms with van der Waals surface area (Å²) in [5, 5.41) is 2.76. The number of hydrogen-bond acceptors (Lipinski definition) is 5. The van der Waals surface area contributed by atoms with Gasteiger partial charge in [0.2, 0.25) is 0 Å². The van der Waals surface area contributed by atoms with E-state index in [0.29, 0.717) is 36.5 Å². The first-order chi connectivity index (χ1) is 12.3. The van der Waals surface area contributed by atoms with Crippen LogP contribution >= 0.6 is 0 Å². The second kappa shape index (κ2) is 7.19. The van der Waals surface area contributed by atoms with Crippen molar-refractivity contribution in [2.45, 2.75) is 32.9 Å². The van der Waals surface area contributed by atoms with E-state index in [1.54, 1.807) is 4.90 Å². The van der Waals surface area contributed by atoms with Crippen molar-refractivity contribution < 1.29 is 14.0 Å². The molecule has 1 N–H and O–H groups in total. The number of fused-ring (bicyclic) bond motifs is 1. The molecule has 0 atom stereocenters. The van der Waals surface area contributed by atoms with Gasteiger partial charge < -0.3 is 19.5 Å². The molecule has 0 unspecified atom stereocenters. The molecule has 1 aromatic carbocycles. The number of oxazole rings is 1. The smallest absolute Gasteiger partial charge is 0.307 e.